The number of nitrogens with one attached hydrogen (secondary N) is 2. The quantitative estimate of drug-likeness (QED) is 0.494. The van der Waals surface area contributed by atoms with E-state index in [-0.39, 0.29) is 17.5 Å². The lowest BCUT2D eigenvalue weighted by Gasteiger charge is -1.99. The van der Waals surface area contributed by atoms with Crippen LogP contribution in [0.4, 0.5) is 5.13 Å². The average molecular weight is 425 g/mol. The average Bonchev–Trinajstić information content (AvgIpc) is 3.47. The van der Waals surface area contributed by atoms with E-state index in [1.54, 1.807) is 11.3 Å². The fraction of sp³-hybridized carbons (Fsp3) is 0.105. The Hall–Kier alpha value is -3.37. The molecule has 0 saturated carbocycles. The third kappa shape index (κ3) is 4.55. The summed E-state index contributed by atoms with van der Waals surface area (Å²) in [5, 5.41) is 16.2. The number of amides is 2. The summed E-state index contributed by atoms with van der Waals surface area (Å²) in [5.41, 5.74) is 1.76. The molecule has 0 aliphatic rings. The van der Waals surface area contributed by atoms with Gasteiger partial charge in [-0.25, -0.2) is 4.98 Å². The SMILES string of the molecule is CC(=O)NCc1ccc(-c2csc(NC(=O)c3cnn(-c4ccccc4)n3)n2)s1. The number of nitrogens with zero attached hydrogens (tertiary/aromatic N) is 4. The first-order valence-corrected chi connectivity index (χ1v) is 10.4. The largest absolute Gasteiger partial charge is 0.351 e. The molecule has 8 nitrogen and oxygen atoms in total. The topological polar surface area (TPSA) is 102 Å². The normalized spacial score (nSPS) is 10.7. The van der Waals surface area contributed by atoms with E-state index in [4.69, 9.17) is 0 Å². The van der Waals surface area contributed by atoms with Crippen LogP contribution in [0.5, 0.6) is 0 Å². The smallest absolute Gasteiger partial charge is 0.279 e. The molecule has 3 aromatic heterocycles. The van der Waals surface area contributed by atoms with Crippen molar-refractivity contribution in [3.63, 3.8) is 0 Å². The van der Waals surface area contributed by atoms with Crippen molar-refractivity contribution in [3.05, 3.63) is 64.6 Å². The van der Waals surface area contributed by atoms with Crippen molar-refractivity contribution in [3.8, 4) is 16.3 Å². The van der Waals surface area contributed by atoms with E-state index >= 15 is 0 Å². The molecular formula is C19H16N6O2S2. The van der Waals surface area contributed by atoms with E-state index in [2.05, 4.69) is 25.8 Å². The van der Waals surface area contributed by atoms with Crippen molar-refractivity contribution in [1.29, 1.82) is 0 Å². The summed E-state index contributed by atoms with van der Waals surface area (Å²) in [6, 6.07) is 13.3. The Morgan fingerprint density at radius 1 is 1.14 bits per heavy atom. The van der Waals surface area contributed by atoms with Gasteiger partial charge in [0.25, 0.3) is 5.91 Å². The number of thiazole rings is 1. The van der Waals surface area contributed by atoms with Crippen LogP contribution in [0.25, 0.3) is 16.3 Å². The highest BCUT2D eigenvalue weighted by molar-refractivity contribution is 7.17. The maximum atomic E-state index is 12.5. The van der Waals surface area contributed by atoms with E-state index in [9.17, 15) is 9.59 Å². The number of thiophene rings is 1. The van der Waals surface area contributed by atoms with Crippen molar-refractivity contribution in [2.75, 3.05) is 5.32 Å². The molecule has 4 aromatic rings. The molecule has 2 N–H and O–H groups in total. The van der Waals surface area contributed by atoms with E-state index < -0.39 is 0 Å². The zero-order valence-electron chi connectivity index (χ0n) is 15.3. The predicted molar refractivity (Wildman–Crippen MR) is 112 cm³/mol. The Bertz CT molecular complexity index is 1150. The number of hydrogen-bond donors (Lipinski definition) is 2. The van der Waals surface area contributed by atoms with E-state index in [1.807, 2.05) is 47.8 Å². The lowest BCUT2D eigenvalue weighted by Crippen LogP contribution is -2.17. The Morgan fingerprint density at radius 2 is 1.97 bits per heavy atom. The second-order valence-corrected chi connectivity index (χ2v) is 8.05. The highest BCUT2D eigenvalue weighted by Gasteiger charge is 2.15. The number of anilines is 1. The molecule has 0 spiro atoms. The minimum atomic E-state index is -0.370. The van der Waals surface area contributed by atoms with Gasteiger partial charge in [0.05, 0.1) is 29.0 Å². The maximum Gasteiger partial charge on any atom is 0.279 e. The molecule has 10 heteroatoms. The van der Waals surface area contributed by atoms with Crippen LogP contribution >= 0.6 is 22.7 Å². The summed E-state index contributed by atoms with van der Waals surface area (Å²) >= 11 is 2.89. The first kappa shape index (κ1) is 19.0. The van der Waals surface area contributed by atoms with Crippen LogP contribution in [0, 0.1) is 0 Å². The highest BCUT2D eigenvalue weighted by Crippen LogP contribution is 2.30. The minimum absolute atomic E-state index is 0.0668. The fourth-order valence-corrected chi connectivity index (χ4v) is 4.17. The van der Waals surface area contributed by atoms with Crippen LogP contribution in [0.15, 0.2) is 54.0 Å². The molecule has 0 atom stereocenters. The molecule has 2 amide bonds. The molecule has 0 fully saturated rings. The fourth-order valence-electron chi connectivity index (χ4n) is 2.48. The monoisotopic (exact) mass is 424 g/mol. The van der Waals surface area contributed by atoms with Gasteiger partial charge in [-0.15, -0.1) is 27.8 Å². The number of carbonyl (C=O) groups excluding carboxylic acids is 2. The van der Waals surface area contributed by atoms with Crippen LogP contribution in [0.1, 0.15) is 22.3 Å². The molecule has 0 bridgehead atoms. The number of carbonyl (C=O) groups is 2. The molecule has 0 unspecified atom stereocenters. The highest BCUT2D eigenvalue weighted by atomic mass is 32.1. The summed E-state index contributed by atoms with van der Waals surface area (Å²) in [6.07, 6.45) is 1.42. The Kier molecular flexibility index (Phi) is 5.45. The Balaban J connectivity index is 1.42. The van der Waals surface area contributed by atoms with Crippen molar-refractivity contribution in [2.24, 2.45) is 0 Å². The van der Waals surface area contributed by atoms with Crippen LogP contribution in [0.3, 0.4) is 0 Å². The van der Waals surface area contributed by atoms with Gasteiger partial charge in [0.2, 0.25) is 5.91 Å². The predicted octanol–water partition coefficient (Wildman–Crippen LogP) is 3.34. The lowest BCUT2D eigenvalue weighted by molar-refractivity contribution is -0.119. The standard InChI is InChI=1S/C19H16N6O2S2/c1-12(26)20-9-14-7-8-17(29-14)16-11-28-19(22-16)23-18(27)15-10-21-25(24-15)13-5-3-2-4-6-13/h2-8,10-11H,9H2,1H3,(H,20,26)(H,22,23,27). The second-order valence-electron chi connectivity index (χ2n) is 6.02. The van der Waals surface area contributed by atoms with Crippen LogP contribution in [-0.2, 0) is 11.3 Å². The zero-order chi connectivity index (χ0) is 20.2. The van der Waals surface area contributed by atoms with Gasteiger partial charge in [-0.3, -0.25) is 14.9 Å². The molecule has 0 radical (unpaired) electrons. The number of para-hydroxylation sites is 1. The summed E-state index contributed by atoms with van der Waals surface area (Å²) < 4.78 is 0. The number of hydrogen-bond acceptors (Lipinski definition) is 7. The molecule has 0 aliphatic heterocycles. The molecule has 4 rings (SSSR count). The second kappa shape index (κ2) is 8.33. The molecule has 3 heterocycles. The number of benzene rings is 1. The molecule has 1 aromatic carbocycles. The van der Waals surface area contributed by atoms with Crippen LogP contribution in [0.2, 0.25) is 0 Å². The number of rotatable bonds is 6. The molecule has 29 heavy (non-hydrogen) atoms. The van der Waals surface area contributed by atoms with Gasteiger partial charge in [-0.1, -0.05) is 18.2 Å². The van der Waals surface area contributed by atoms with E-state index in [0.717, 1.165) is 21.1 Å². The Morgan fingerprint density at radius 3 is 2.76 bits per heavy atom. The summed E-state index contributed by atoms with van der Waals surface area (Å²) in [4.78, 5) is 31.4. The summed E-state index contributed by atoms with van der Waals surface area (Å²) in [7, 11) is 0. The first-order chi connectivity index (χ1) is 14.1. The van der Waals surface area contributed by atoms with Crippen molar-refractivity contribution in [2.45, 2.75) is 13.5 Å². The van der Waals surface area contributed by atoms with Gasteiger partial charge < -0.3 is 5.32 Å². The van der Waals surface area contributed by atoms with Crippen molar-refractivity contribution < 1.29 is 9.59 Å². The first-order valence-electron chi connectivity index (χ1n) is 8.66. The molecular weight excluding hydrogens is 408 g/mol. The van der Waals surface area contributed by atoms with Gasteiger partial charge in [-0.05, 0) is 24.3 Å². The van der Waals surface area contributed by atoms with Gasteiger partial charge in [0.15, 0.2) is 10.8 Å². The molecule has 0 aliphatic carbocycles. The summed E-state index contributed by atoms with van der Waals surface area (Å²) in [6.45, 7) is 1.98. The van der Waals surface area contributed by atoms with E-state index in [0.29, 0.717) is 11.7 Å². The van der Waals surface area contributed by atoms with Gasteiger partial charge in [-0.2, -0.15) is 9.90 Å². The van der Waals surface area contributed by atoms with Crippen LogP contribution < -0.4 is 10.6 Å². The lowest BCUT2D eigenvalue weighted by atomic mass is 10.3. The minimum Gasteiger partial charge on any atom is -0.351 e. The third-order valence-electron chi connectivity index (χ3n) is 3.86. The summed E-state index contributed by atoms with van der Waals surface area (Å²) in [5.74, 6) is -0.437. The van der Waals surface area contributed by atoms with E-state index in [1.165, 1.54) is 29.3 Å². The van der Waals surface area contributed by atoms with Crippen molar-refractivity contribution in [1.82, 2.24) is 25.3 Å². The Labute approximate surface area is 174 Å². The van der Waals surface area contributed by atoms with Gasteiger partial charge in [0, 0.05) is 17.2 Å². The van der Waals surface area contributed by atoms with Crippen molar-refractivity contribution >= 4 is 39.6 Å². The molecule has 0 saturated heterocycles. The molecule has 146 valence electrons. The van der Waals surface area contributed by atoms with Crippen LogP contribution in [-0.4, -0.2) is 31.8 Å². The van der Waals surface area contributed by atoms with Gasteiger partial charge in [0.1, 0.15) is 0 Å². The maximum absolute atomic E-state index is 12.5. The van der Waals surface area contributed by atoms with Gasteiger partial charge >= 0.3 is 0 Å². The number of aromatic nitrogens is 4. The third-order valence-corrected chi connectivity index (χ3v) is 5.73. The zero-order valence-corrected chi connectivity index (χ0v) is 17.0.